The number of ketones is 1. The molecule has 1 heterocycles. The summed E-state index contributed by atoms with van der Waals surface area (Å²) in [4.78, 5) is 11.9. The molecule has 5 nitrogen and oxygen atoms in total. The number of nitrogens with one attached hydrogen (secondary N) is 2. The molecule has 3 rings (SSSR count). The first-order chi connectivity index (χ1) is 11.7. The van der Waals surface area contributed by atoms with E-state index in [-0.39, 0.29) is 5.78 Å². The third-order valence-electron chi connectivity index (χ3n) is 3.99. The second-order valence-electron chi connectivity index (χ2n) is 5.69. The lowest BCUT2D eigenvalue weighted by molar-refractivity contribution is 0.0982. The fourth-order valence-corrected chi connectivity index (χ4v) is 2.64. The molecule has 0 fully saturated rings. The number of fused-ring (bicyclic) bond motifs is 1. The van der Waals surface area contributed by atoms with E-state index in [0.717, 1.165) is 40.0 Å². The molecule has 0 aliphatic rings. The molecule has 0 bridgehead atoms. The van der Waals surface area contributed by atoms with E-state index < -0.39 is 0 Å². The van der Waals surface area contributed by atoms with Crippen LogP contribution in [0.25, 0.3) is 10.9 Å². The number of Topliss-reactive ketones (excluding diaryl/α,β-unsaturated/α-hetero) is 1. The summed E-state index contributed by atoms with van der Waals surface area (Å²) in [5, 5.41) is 11.8. The largest absolute Gasteiger partial charge is 0.497 e. The maximum atomic E-state index is 11.9. The van der Waals surface area contributed by atoms with Crippen molar-refractivity contribution < 1.29 is 9.53 Å². The molecular formula is C19H21N3O2. The fourth-order valence-electron chi connectivity index (χ4n) is 2.64. The van der Waals surface area contributed by atoms with Crippen molar-refractivity contribution >= 4 is 22.4 Å². The summed E-state index contributed by atoms with van der Waals surface area (Å²) in [6, 6.07) is 13.4. The molecule has 24 heavy (non-hydrogen) atoms. The number of carbonyl (C=O) groups excluding carboxylic acids is 1. The van der Waals surface area contributed by atoms with E-state index in [9.17, 15) is 4.79 Å². The van der Waals surface area contributed by atoms with Crippen molar-refractivity contribution in [2.24, 2.45) is 0 Å². The van der Waals surface area contributed by atoms with Gasteiger partial charge in [-0.3, -0.25) is 9.89 Å². The number of hydrogen-bond acceptors (Lipinski definition) is 4. The second-order valence-corrected chi connectivity index (χ2v) is 5.69. The van der Waals surface area contributed by atoms with Gasteiger partial charge in [0.05, 0.1) is 24.9 Å². The molecule has 2 N–H and O–H groups in total. The van der Waals surface area contributed by atoms with Gasteiger partial charge >= 0.3 is 0 Å². The summed E-state index contributed by atoms with van der Waals surface area (Å²) >= 11 is 0. The molecule has 0 atom stereocenters. The number of methoxy groups -OCH3 is 1. The van der Waals surface area contributed by atoms with Gasteiger partial charge in [-0.15, -0.1) is 0 Å². The van der Waals surface area contributed by atoms with Crippen LogP contribution in [0.3, 0.4) is 0 Å². The first-order valence-electron chi connectivity index (χ1n) is 8.09. The van der Waals surface area contributed by atoms with Gasteiger partial charge in [-0.1, -0.05) is 6.92 Å². The average molecular weight is 323 g/mol. The van der Waals surface area contributed by atoms with Crippen molar-refractivity contribution in [3.05, 3.63) is 53.7 Å². The summed E-state index contributed by atoms with van der Waals surface area (Å²) in [5.74, 6) is 0.998. The minimum absolute atomic E-state index is 0.189. The SMILES string of the molecule is CCCC(=O)c1ccc(NCc2n[nH]c3ccc(OC)cc23)cc1. The van der Waals surface area contributed by atoms with Gasteiger partial charge in [0.2, 0.25) is 0 Å². The summed E-state index contributed by atoms with van der Waals surface area (Å²) in [5.41, 5.74) is 3.63. The van der Waals surface area contributed by atoms with E-state index in [1.165, 1.54) is 0 Å². The molecule has 0 aliphatic heterocycles. The smallest absolute Gasteiger partial charge is 0.162 e. The number of carbonyl (C=O) groups is 1. The lowest BCUT2D eigenvalue weighted by Gasteiger charge is -2.06. The Labute approximate surface area is 141 Å². The van der Waals surface area contributed by atoms with Gasteiger partial charge in [0.1, 0.15) is 5.75 Å². The van der Waals surface area contributed by atoms with Crippen LogP contribution in [0.4, 0.5) is 5.69 Å². The molecule has 0 spiro atoms. The fraction of sp³-hybridized carbons (Fsp3) is 0.263. The molecule has 2 aromatic carbocycles. The predicted molar refractivity (Wildman–Crippen MR) is 95.7 cm³/mol. The summed E-state index contributed by atoms with van der Waals surface area (Å²) in [6.45, 7) is 2.60. The molecule has 0 amide bonds. The highest BCUT2D eigenvalue weighted by Gasteiger charge is 2.08. The number of hydrogen-bond donors (Lipinski definition) is 2. The van der Waals surface area contributed by atoms with Gasteiger partial charge in [-0.05, 0) is 48.9 Å². The van der Waals surface area contributed by atoms with Crippen LogP contribution in [0.2, 0.25) is 0 Å². The molecule has 5 heteroatoms. The van der Waals surface area contributed by atoms with Crippen molar-refractivity contribution in [2.45, 2.75) is 26.3 Å². The number of aromatic amines is 1. The van der Waals surface area contributed by atoms with E-state index in [0.29, 0.717) is 13.0 Å². The quantitative estimate of drug-likeness (QED) is 0.641. The Morgan fingerprint density at radius 2 is 2.00 bits per heavy atom. The van der Waals surface area contributed by atoms with Gasteiger partial charge in [0, 0.05) is 23.1 Å². The van der Waals surface area contributed by atoms with Crippen LogP contribution in [0.15, 0.2) is 42.5 Å². The molecule has 0 aliphatic carbocycles. The number of aromatic nitrogens is 2. The zero-order valence-corrected chi connectivity index (χ0v) is 13.9. The van der Waals surface area contributed by atoms with Crippen LogP contribution in [0, 0.1) is 0 Å². The Balaban J connectivity index is 1.70. The zero-order valence-electron chi connectivity index (χ0n) is 13.9. The Kier molecular flexibility index (Phi) is 4.79. The number of benzene rings is 2. The Morgan fingerprint density at radius 3 is 2.71 bits per heavy atom. The van der Waals surface area contributed by atoms with Crippen LogP contribution in [-0.4, -0.2) is 23.1 Å². The van der Waals surface area contributed by atoms with Crippen LogP contribution >= 0.6 is 0 Å². The van der Waals surface area contributed by atoms with Crippen LogP contribution in [0.5, 0.6) is 5.75 Å². The minimum Gasteiger partial charge on any atom is -0.497 e. The van der Waals surface area contributed by atoms with Gasteiger partial charge in [-0.25, -0.2) is 0 Å². The number of ether oxygens (including phenoxy) is 1. The highest BCUT2D eigenvalue weighted by molar-refractivity contribution is 5.96. The summed E-state index contributed by atoms with van der Waals surface area (Å²) in [7, 11) is 1.65. The third kappa shape index (κ3) is 3.40. The Morgan fingerprint density at radius 1 is 1.21 bits per heavy atom. The van der Waals surface area contributed by atoms with Crippen LogP contribution in [0.1, 0.15) is 35.8 Å². The van der Waals surface area contributed by atoms with Gasteiger partial charge < -0.3 is 10.1 Å². The van der Waals surface area contributed by atoms with Crippen LogP contribution < -0.4 is 10.1 Å². The molecule has 0 saturated carbocycles. The number of H-pyrrole nitrogens is 1. The van der Waals surface area contributed by atoms with E-state index in [4.69, 9.17) is 4.74 Å². The molecule has 124 valence electrons. The molecule has 0 unspecified atom stereocenters. The molecule has 0 radical (unpaired) electrons. The first kappa shape index (κ1) is 16.1. The van der Waals surface area contributed by atoms with Gasteiger partial charge in [0.25, 0.3) is 0 Å². The maximum absolute atomic E-state index is 11.9. The predicted octanol–water partition coefficient (Wildman–Crippen LogP) is 4.17. The van der Waals surface area contributed by atoms with Gasteiger partial charge in [-0.2, -0.15) is 5.10 Å². The molecule has 1 aromatic heterocycles. The van der Waals surface area contributed by atoms with Gasteiger partial charge in [0.15, 0.2) is 5.78 Å². The van der Waals surface area contributed by atoms with E-state index in [1.807, 2.05) is 49.4 Å². The summed E-state index contributed by atoms with van der Waals surface area (Å²) in [6.07, 6.45) is 1.46. The lowest BCUT2D eigenvalue weighted by Crippen LogP contribution is -2.02. The zero-order chi connectivity index (χ0) is 16.9. The molecule has 3 aromatic rings. The molecule has 0 saturated heterocycles. The summed E-state index contributed by atoms with van der Waals surface area (Å²) < 4.78 is 5.27. The normalized spacial score (nSPS) is 10.8. The highest BCUT2D eigenvalue weighted by Crippen LogP contribution is 2.22. The number of anilines is 1. The average Bonchev–Trinajstić information content (AvgIpc) is 3.02. The maximum Gasteiger partial charge on any atom is 0.162 e. The lowest BCUT2D eigenvalue weighted by atomic mass is 10.1. The third-order valence-corrected chi connectivity index (χ3v) is 3.99. The second kappa shape index (κ2) is 7.17. The highest BCUT2D eigenvalue weighted by atomic mass is 16.5. The Hall–Kier alpha value is -2.82. The van der Waals surface area contributed by atoms with E-state index in [2.05, 4.69) is 15.5 Å². The topological polar surface area (TPSA) is 67.0 Å². The standard InChI is InChI=1S/C19H21N3O2/c1-3-4-19(23)13-5-7-14(8-6-13)20-12-18-16-11-15(24-2)9-10-17(16)21-22-18/h5-11,20H,3-4,12H2,1-2H3,(H,21,22). The van der Waals surface area contributed by atoms with Crippen molar-refractivity contribution in [3.8, 4) is 5.75 Å². The van der Waals surface area contributed by atoms with E-state index in [1.54, 1.807) is 7.11 Å². The van der Waals surface area contributed by atoms with Crippen LogP contribution in [-0.2, 0) is 6.54 Å². The monoisotopic (exact) mass is 323 g/mol. The number of nitrogens with zero attached hydrogens (tertiary/aromatic N) is 1. The van der Waals surface area contributed by atoms with Crippen molar-refractivity contribution in [2.75, 3.05) is 12.4 Å². The van der Waals surface area contributed by atoms with E-state index >= 15 is 0 Å². The van der Waals surface area contributed by atoms with Crippen molar-refractivity contribution in [1.82, 2.24) is 10.2 Å². The Bertz CT molecular complexity index is 837. The van der Waals surface area contributed by atoms with Crippen molar-refractivity contribution in [3.63, 3.8) is 0 Å². The minimum atomic E-state index is 0.189. The first-order valence-corrected chi connectivity index (χ1v) is 8.09. The molecular weight excluding hydrogens is 302 g/mol. The number of rotatable bonds is 7. The van der Waals surface area contributed by atoms with Crippen molar-refractivity contribution in [1.29, 1.82) is 0 Å².